The van der Waals surface area contributed by atoms with Gasteiger partial charge < -0.3 is 5.32 Å². The molecule has 0 spiro atoms. The third-order valence-corrected chi connectivity index (χ3v) is 5.02. The largest absolute Gasteiger partial charge is 0.310 e. The van der Waals surface area contributed by atoms with E-state index >= 15 is 0 Å². The van der Waals surface area contributed by atoms with Crippen LogP contribution in [0, 0.1) is 5.92 Å². The minimum Gasteiger partial charge on any atom is -0.310 e. The molecule has 1 N–H and O–H groups in total. The molecule has 0 unspecified atom stereocenters. The van der Waals surface area contributed by atoms with Crippen LogP contribution in [0.15, 0.2) is 60.0 Å². The molecule has 1 amide bonds. The molecule has 0 radical (unpaired) electrons. The Bertz CT molecular complexity index is 1040. The summed E-state index contributed by atoms with van der Waals surface area (Å²) in [5, 5.41) is 4.77. The molecule has 2 aromatic heterocycles. The third-order valence-electron chi connectivity index (χ3n) is 5.02. The number of allylic oxidation sites excluding steroid dienone is 3. The Hall–Kier alpha value is -3.08. The number of aliphatic imine (C=N–C) groups is 1. The van der Waals surface area contributed by atoms with Gasteiger partial charge in [-0.25, -0.2) is 4.98 Å². The fourth-order valence-corrected chi connectivity index (χ4v) is 3.16. The molecule has 5 nitrogen and oxygen atoms in total. The fraction of sp³-hybridized carbons (Fsp3) is 0.407. The van der Waals surface area contributed by atoms with E-state index in [2.05, 4.69) is 54.2 Å². The lowest BCUT2D eigenvalue weighted by molar-refractivity contribution is -0.117. The topological polar surface area (TPSA) is 67.2 Å². The van der Waals surface area contributed by atoms with Crippen molar-refractivity contribution >= 4 is 33.8 Å². The van der Waals surface area contributed by atoms with Crippen LogP contribution in [0.4, 0.5) is 5.82 Å². The van der Waals surface area contributed by atoms with Gasteiger partial charge in [-0.3, -0.25) is 14.8 Å². The summed E-state index contributed by atoms with van der Waals surface area (Å²) in [5.41, 5.74) is 4.29. The van der Waals surface area contributed by atoms with Gasteiger partial charge >= 0.3 is 0 Å². The zero-order valence-corrected chi connectivity index (χ0v) is 20.2. The van der Waals surface area contributed by atoms with Crippen LogP contribution in [0.3, 0.4) is 0 Å². The summed E-state index contributed by atoms with van der Waals surface area (Å²) in [6.45, 7) is 18.4. The number of aromatic nitrogens is 2. The van der Waals surface area contributed by atoms with E-state index in [9.17, 15) is 4.79 Å². The quantitative estimate of drug-likeness (QED) is 0.356. The lowest BCUT2D eigenvalue weighted by Crippen LogP contribution is -2.14. The highest BCUT2D eigenvalue weighted by Crippen LogP contribution is 2.30. The van der Waals surface area contributed by atoms with Gasteiger partial charge in [0.2, 0.25) is 5.91 Å². The van der Waals surface area contributed by atoms with Crippen LogP contribution in [0.2, 0.25) is 0 Å². The molecule has 0 bridgehead atoms. The number of carbonyl (C=O) groups excluding carboxylic acids is 1. The maximum absolute atomic E-state index is 11.9. The lowest BCUT2D eigenvalue weighted by Gasteiger charge is -2.10. The van der Waals surface area contributed by atoms with E-state index in [1.165, 1.54) is 6.42 Å². The number of nitrogens with one attached hydrogen (secondary N) is 1. The van der Waals surface area contributed by atoms with Crippen molar-refractivity contribution in [3.63, 3.8) is 0 Å². The fourth-order valence-electron chi connectivity index (χ4n) is 3.16. The van der Waals surface area contributed by atoms with Gasteiger partial charge in [0.1, 0.15) is 5.82 Å². The third kappa shape index (κ3) is 6.98. The highest BCUT2D eigenvalue weighted by molar-refractivity contribution is 6.22. The average molecular weight is 433 g/mol. The Morgan fingerprint density at radius 1 is 1.16 bits per heavy atom. The molecule has 0 saturated heterocycles. The molecule has 0 atom stereocenters. The van der Waals surface area contributed by atoms with Crippen molar-refractivity contribution in [2.45, 2.75) is 66.7 Å². The molecule has 0 aliphatic heterocycles. The molecular weight excluding hydrogens is 396 g/mol. The average Bonchev–Trinajstić information content (AvgIpc) is 3.60. The van der Waals surface area contributed by atoms with Gasteiger partial charge in [-0.2, -0.15) is 0 Å². The van der Waals surface area contributed by atoms with E-state index in [-0.39, 0.29) is 11.8 Å². The Morgan fingerprint density at radius 2 is 1.78 bits per heavy atom. The second-order valence-electron chi connectivity index (χ2n) is 8.16. The van der Waals surface area contributed by atoms with Gasteiger partial charge in [0, 0.05) is 40.4 Å². The number of carbonyl (C=O) groups is 1. The number of anilines is 1. The molecule has 1 aliphatic carbocycles. The Morgan fingerprint density at radius 3 is 2.38 bits per heavy atom. The van der Waals surface area contributed by atoms with Crippen LogP contribution in [0.1, 0.15) is 72.4 Å². The van der Waals surface area contributed by atoms with Crippen molar-refractivity contribution in [2.75, 3.05) is 5.32 Å². The smallest absolute Gasteiger partial charge is 0.228 e. The molecule has 0 aromatic carbocycles. The maximum atomic E-state index is 11.9. The van der Waals surface area contributed by atoms with Crippen molar-refractivity contribution in [1.29, 1.82) is 0 Å². The van der Waals surface area contributed by atoms with Gasteiger partial charge in [0.25, 0.3) is 0 Å². The van der Waals surface area contributed by atoms with Crippen molar-refractivity contribution < 1.29 is 4.79 Å². The molecule has 2 heterocycles. The summed E-state index contributed by atoms with van der Waals surface area (Å²) in [7, 11) is 0. The van der Waals surface area contributed by atoms with E-state index < -0.39 is 0 Å². The molecule has 1 aliphatic rings. The summed E-state index contributed by atoms with van der Waals surface area (Å²) < 4.78 is 0. The predicted octanol–water partition coefficient (Wildman–Crippen LogP) is 7.13. The Kier molecular flexibility index (Phi) is 9.51. The highest BCUT2D eigenvalue weighted by Gasteiger charge is 2.29. The monoisotopic (exact) mass is 432 g/mol. The number of amides is 1. The van der Waals surface area contributed by atoms with Crippen LogP contribution in [0.25, 0.3) is 16.3 Å². The first-order chi connectivity index (χ1) is 15.3. The summed E-state index contributed by atoms with van der Waals surface area (Å²) >= 11 is 0. The number of rotatable bonds is 8. The molecule has 1 fully saturated rings. The number of fused-ring (bicyclic) bond motifs is 1. The van der Waals surface area contributed by atoms with Crippen molar-refractivity contribution in [1.82, 2.24) is 9.97 Å². The normalized spacial score (nSPS) is 13.9. The van der Waals surface area contributed by atoms with Crippen LogP contribution in [0.5, 0.6) is 0 Å². The molecule has 1 saturated carbocycles. The highest BCUT2D eigenvalue weighted by atomic mass is 16.2. The Labute approximate surface area is 192 Å². The predicted molar refractivity (Wildman–Crippen MR) is 137 cm³/mol. The lowest BCUT2D eigenvalue weighted by atomic mass is 10.0. The molecule has 2 aromatic rings. The van der Waals surface area contributed by atoms with Gasteiger partial charge in [-0.15, -0.1) is 0 Å². The van der Waals surface area contributed by atoms with Gasteiger partial charge in [0.15, 0.2) is 0 Å². The van der Waals surface area contributed by atoms with Crippen molar-refractivity contribution in [3.05, 3.63) is 60.7 Å². The molecule has 3 rings (SSSR count). The molecule has 32 heavy (non-hydrogen) atoms. The SMILES string of the molecule is C=C(CCC)C(=C)N=C(C)/C(=C\C)c1cc2cnc(NC(=O)C3CC3)cc2cn1.CCC. The van der Waals surface area contributed by atoms with E-state index in [1.54, 1.807) is 12.4 Å². The molecular formula is C27H36N4O. The first kappa shape index (κ1) is 25.2. The van der Waals surface area contributed by atoms with Crippen LogP contribution in [-0.2, 0) is 4.79 Å². The second kappa shape index (κ2) is 12.1. The minimum absolute atomic E-state index is 0.0503. The zero-order valence-electron chi connectivity index (χ0n) is 20.2. The van der Waals surface area contributed by atoms with E-state index in [4.69, 9.17) is 0 Å². The molecule has 5 heteroatoms. The first-order valence-electron chi connectivity index (χ1n) is 11.5. The zero-order chi connectivity index (χ0) is 23.7. The van der Waals surface area contributed by atoms with Crippen molar-refractivity contribution in [3.8, 4) is 0 Å². The van der Waals surface area contributed by atoms with Gasteiger partial charge in [0.05, 0.1) is 11.4 Å². The maximum Gasteiger partial charge on any atom is 0.228 e. The standard InChI is InChI=1S/C24H28N4O.C3H8/c1-6-8-15(3)16(4)27-17(5)21(7-2)22-11-19-14-26-23(12-20(19)13-25-22)28-24(29)18-9-10-18;1-3-2/h7,11-14,18H,3-4,6,8-10H2,1-2,5H3,(H,26,28,29);3H2,1-2H3/b21-7+,27-17?;. The van der Waals surface area contributed by atoms with E-state index in [1.807, 2.05) is 32.1 Å². The van der Waals surface area contributed by atoms with Crippen LogP contribution in [-0.4, -0.2) is 21.6 Å². The number of hydrogen-bond acceptors (Lipinski definition) is 4. The van der Waals surface area contributed by atoms with Crippen LogP contribution >= 0.6 is 0 Å². The van der Waals surface area contributed by atoms with Gasteiger partial charge in [-0.05, 0) is 50.8 Å². The summed E-state index contributed by atoms with van der Waals surface area (Å²) in [5.74, 6) is 0.767. The number of hydrogen-bond donors (Lipinski definition) is 1. The summed E-state index contributed by atoms with van der Waals surface area (Å²) in [6, 6.07) is 3.85. The van der Waals surface area contributed by atoms with Gasteiger partial charge in [-0.1, -0.05) is 52.8 Å². The summed E-state index contributed by atoms with van der Waals surface area (Å²) in [4.78, 5) is 25.6. The van der Waals surface area contributed by atoms with Crippen LogP contribution < -0.4 is 5.32 Å². The Balaban J connectivity index is 0.00000114. The summed E-state index contributed by atoms with van der Waals surface area (Å²) in [6.07, 6.45) is 10.7. The second-order valence-corrected chi connectivity index (χ2v) is 8.16. The van der Waals surface area contributed by atoms with E-state index in [0.29, 0.717) is 11.5 Å². The minimum atomic E-state index is 0.0503. The van der Waals surface area contributed by atoms with Crippen molar-refractivity contribution in [2.24, 2.45) is 10.9 Å². The number of nitrogens with zero attached hydrogens (tertiary/aromatic N) is 3. The first-order valence-corrected chi connectivity index (χ1v) is 11.5. The number of pyridine rings is 2. The molecule has 170 valence electrons. The van der Waals surface area contributed by atoms with E-state index in [0.717, 1.165) is 59.0 Å².